The van der Waals surface area contributed by atoms with Gasteiger partial charge in [-0.1, -0.05) is 35.5 Å². The van der Waals surface area contributed by atoms with Gasteiger partial charge in [0.05, 0.1) is 5.92 Å². The van der Waals surface area contributed by atoms with Gasteiger partial charge in [-0.25, -0.2) is 8.42 Å². The van der Waals surface area contributed by atoms with Crippen LogP contribution >= 0.6 is 0 Å². The van der Waals surface area contributed by atoms with Crippen molar-refractivity contribution < 1.29 is 17.7 Å². The Hall–Kier alpha value is -2.23. The molecule has 2 saturated heterocycles. The minimum Gasteiger partial charge on any atom is -0.360 e. The van der Waals surface area contributed by atoms with E-state index >= 15 is 0 Å². The van der Waals surface area contributed by atoms with Crippen molar-refractivity contribution in [2.75, 3.05) is 26.2 Å². The van der Waals surface area contributed by atoms with Gasteiger partial charge in [0.2, 0.25) is 15.9 Å². The summed E-state index contributed by atoms with van der Waals surface area (Å²) in [6, 6.07) is 10.6. The van der Waals surface area contributed by atoms with Gasteiger partial charge in [-0.2, -0.15) is 4.31 Å². The number of hydrogen-bond acceptors (Lipinski definition) is 6. The van der Waals surface area contributed by atoms with Crippen molar-refractivity contribution in [1.29, 1.82) is 0 Å². The third kappa shape index (κ3) is 5.05. The summed E-state index contributed by atoms with van der Waals surface area (Å²) in [4.78, 5) is 15.5. The Morgan fingerprint density at radius 2 is 1.84 bits per heavy atom. The van der Waals surface area contributed by atoms with Crippen LogP contribution in [0.1, 0.15) is 42.7 Å². The lowest BCUT2D eigenvalue weighted by Gasteiger charge is -2.35. The summed E-state index contributed by atoms with van der Waals surface area (Å²) in [6.45, 7) is 6.65. The molecule has 1 aromatic heterocycles. The molecule has 0 saturated carbocycles. The molecule has 174 valence electrons. The van der Waals surface area contributed by atoms with Gasteiger partial charge in [0.15, 0.2) is 5.76 Å². The number of aryl methyl sites for hydroxylation is 2. The number of carbonyl (C=O) groups excluding carboxylic acids is 1. The van der Waals surface area contributed by atoms with Gasteiger partial charge in [0.25, 0.3) is 0 Å². The highest BCUT2D eigenvalue weighted by molar-refractivity contribution is 7.89. The van der Waals surface area contributed by atoms with Crippen LogP contribution in [0, 0.1) is 19.8 Å². The van der Waals surface area contributed by atoms with E-state index in [1.165, 1.54) is 9.87 Å². The standard InChI is InChI=1S/C23H32N4O4S/c1-17-22(18(2)31-25-17)32(29,30)27-12-6-9-20(16-27)23(28)24-21-10-13-26(14-11-21)15-19-7-4-3-5-8-19/h3-5,7-8,20-21H,6,9-16H2,1-2H3,(H,24,28). The quantitative estimate of drug-likeness (QED) is 0.712. The molecule has 0 radical (unpaired) electrons. The first-order valence-electron chi connectivity index (χ1n) is 11.3. The molecule has 1 unspecified atom stereocenters. The number of likely N-dealkylation sites (tertiary alicyclic amines) is 1. The third-order valence-electron chi connectivity index (χ3n) is 6.50. The number of rotatable bonds is 6. The normalized spacial score (nSPS) is 21.5. The first kappa shape index (κ1) is 22.9. The van der Waals surface area contributed by atoms with Crippen LogP contribution in [0.15, 0.2) is 39.8 Å². The third-order valence-corrected chi connectivity index (χ3v) is 8.61. The monoisotopic (exact) mass is 460 g/mol. The fourth-order valence-corrected chi connectivity index (χ4v) is 6.56. The van der Waals surface area contributed by atoms with Gasteiger partial charge >= 0.3 is 0 Å². The molecule has 2 aliphatic heterocycles. The highest BCUT2D eigenvalue weighted by Gasteiger charge is 2.37. The molecule has 1 atom stereocenters. The lowest BCUT2D eigenvalue weighted by atomic mass is 9.97. The van der Waals surface area contributed by atoms with Crippen molar-refractivity contribution in [2.24, 2.45) is 5.92 Å². The summed E-state index contributed by atoms with van der Waals surface area (Å²) in [5, 5.41) is 6.96. The average molecular weight is 461 g/mol. The van der Waals surface area contributed by atoms with Crippen LogP contribution in [-0.2, 0) is 21.4 Å². The van der Waals surface area contributed by atoms with Crippen LogP contribution in [-0.4, -0.2) is 60.9 Å². The zero-order chi connectivity index (χ0) is 22.7. The first-order valence-corrected chi connectivity index (χ1v) is 12.8. The number of amides is 1. The second kappa shape index (κ2) is 9.72. The number of carbonyl (C=O) groups is 1. The van der Waals surface area contributed by atoms with Crippen LogP contribution < -0.4 is 5.32 Å². The van der Waals surface area contributed by atoms with E-state index in [4.69, 9.17) is 4.52 Å². The Balaban J connectivity index is 1.30. The van der Waals surface area contributed by atoms with Gasteiger partial charge in [-0.3, -0.25) is 9.69 Å². The molecule has 1 amide bonds. The van der Waals surface area contributed by atoms with E-state index in [0.29, 0.717) is 25.1 Å². The molecule has 0 aliphatic carbocycles. The second-order valence-corrected chi connectivity index (χ2v) is 10.8. The topological polar surface area (TPSA) is 95.8 Å². The molecule has 0 spiro atoms. The predicted molar refractivity (Wildman–Crippen MR) is 120 cm³/mol. The molecule has 2 aliphatic rings. The number of hydrogen-bond donors (Lipinski definition) is 1. The maximum Gasteiger partial charge on any atom is 0.248 e. The van der Waals surface area contributed by atoms with E-state index in [9.17, 15) is 13.2 Å². The Bertz CT molecular complexity index is 1010. The molecular weight excluding hydrogens is 428 g/mol. The summed E-state index contributed by atoms with van der Waals surface area (Å²) in [5.41, 5.74) is 1.66. The van der Waals surface area contributed by atoms with Gasteiger partial charge < -0.3 is 9.84 Å². The lowest BCUT2D eigenvalue weighted by molar-refractivity contribution is -0.127. The molecule has 2 aromatic rings. The van der Waals surface area contributed by atoms with Crippen LogP contribution in [0.4, 0.5) is 0 Å². The largest absolute Gasteiger partial charge is 0.360 e. The highest BCUT2D eigenvalue weighted by atomic mass is 32.2. The number of aromatic nitrogens is 1. The van der Waals surface area contributed by atoms with E-state index in [1.807, 2.05) is 6.07 Å². The van der Waals surface area contributed by atoms with E-state index in [1.54, 1.807) is 13.8 Å². The molecule has 1 N–H and O–H groups in total. The van der Waals surface area contributed by atoms with E-state index in [-0.39, 0.29) is 35.1 Å². The second-order valence-electron chi connectivity index (χ2n) is 8.90. The van der Waals surface area contributed by atoms with Crippen LogP contribution in [0.3, 0.4) is 0 Å². The first-order chi connectivity index (χ1) is 15.3. The maximum absolute atomic E-state index is 13.1. The summed E-state index contributed by atoms with van der Waals surface area (Å²) >= 11 is 0. The number of benzene rings is 1. The molecule has 9 heteroatoms. The minimum atomic E-state index is -3.73. The molecule has 1 aromatic carbocycles. The Kier molecular flexibility index (Phi) is 6.97. The van der Waals surface area contributed by atoms with E-state index in [0.717, 1.165) is 32.5 Å². The number of nitrogens with zero attached hydrogens (tertiary/aromatic N) is 3. The Morgan fingerprint density at radius 3 is 2.50 bits per heavy atom. The van der Waals surface area contributed by atoms with Gasteiger partial charge in [-0.05, 0) is 45.1 Å². The van der Waals surface area contributed by atoms with Crippen molar-refractivity contribution in [3.63, 3.8) is 0 Å². The molecule has 0 bridgehead atoms. The zero-order valence-electron chi connectivity index (χ0n) is 18.8. The highest BCUT2D eigenvalue weighted by Crippen LogP contribution is 2.28. The Labute approximate surface area is 190 Å². The minimum absolute atomic E-state index is 0.0369. The van der Waals surface area contributed by atoms with Crippen LogP contribution in [0.2, 0.25) is 0 Å². The summed E-state index contributed by atoms with van der Waals surface area (Å²) in [7, 11) is -3.73. The van der Waals surface area contributed by atoms with Gasteiger partial charge in [0.1, 0.15) is 10.6 Å². The summed E-state index contributed by atoms with van der Waals surface area (Å²) in [5.74, 6) is -0.0807. The molecule has 8 nitrogen and oxygen atoms in total. The maximum atomic E-state index is 13.1. The molecular formula is C23H32N4O4S. The van der Waals surface area contributed by atoms with Crippen molar-refractivity contribution in [3.05, 3.63) is 47.3 Å². The van der Waals surface area contributed by atoms with Crippen molar-refractivity contribution >= 4 is 15.9 Å². The lowest BCUT2D eigenvalue weighted by Crippen LogP contribution is -2.50. The molecule has 4 rings (SSSR count). The summed E-state index contributed by atoms with van der Waals surface area (Å²) < 4.78 is 32.7. The molecule has 2 fully saturated rings. The van der Waals surface area contributed by atoms with Crippen molar-refractivity contribution in [1.82, 2.24) is 19.7 Å². The zero-order valence-corrected chi connectivity index (χ0v) is 19.6. The number of nitrogens with one attached hydrogen (secondary N) is 1. The Morgan fingerprint density at radius 1 is 1.12 bits per heavy atom. The number of sulfonamides is 1. The fourth-order valence-electron chi connectivity index (χ4n) is 4.74. The molecule has 3 heterocycles. The fraction of sp³-hybridized carbons (Fsp3) is 0.565. The van der Waals surface area contributed by atoms with Crippen molar-refractivity contribution in [3.8, 4) is 0 Å². The van der Waals surface area contributed by atoms with Crippen molar-refractivity contribution in [2.45, 2.75) is 57.0 Å². The van der Waals surface area contributed by atoms with E-state index in [2.05, 4.69) is 39.6 Å². The SMILES string of the molecule is Cc1noc(C)c1S(=O)(=O)N1CCCC(C(=O)NC2CCN(Cc3ccccc3)CC2)C1. The molecule has 32 heavy (non-hydrogen) atoms. The summed E-state index contributed by atoms with van der Waals surface area (Å²) in [6.07, 6.45) is 3.18. The van der Waals surface area contributed by atoms with Gasteiger partial charge in [-0.15, -0.1) is 0 Å². The van der Waals surface area contributed by atoms with Crippen LogP contribution in [0.5, 0.6) is 0 Å². The predicted octanol–water partition coefficient (Wildman–Crippen LogP) is 2.47. The smallest absolute Gasteiger partial charge is 0.248 e. The van der Waals surface area contributed by atoms with Gasteiger partial charge in [0, 0.05) is 38.8 Å². The van der Waals surface area contributed by atoms with Crippen LogP contribution in [0.25, 0.3) is 0 Å². The number of piperidine rings is 2. The van der Waals surface area contributed by atoms with E-state index < -0.39 is 10.0 Å². The average Bonchev–Trinajstić information content (AvgIpc) is 3.14.